The maximum absolute atomic E-state index is 5.82. The van der Waals surface area contributed by atoms with E-state index in [9.17, 15) is 0 Å². The number of nitrogens with one attached hydrogen (secondary N) is 1. The lowest BCUT2D eigenvalue weighted by molar-refractivity contribution is 0.862. The van der Waals surface area contributed by atoms with Crippen molar-refractivity contribution in [1.29, 1.82) is 0 Å². The van der Waals surface area contributed by atoms with E-state index in [1.807, 2.05) is 23.6 Å². The van der Waals surface area contributed by atoms with Gasteiger partial charge in [0, 0.05) is 22.7 Å². The summed E-state index contributed by atoms with van der Waals surface area (Å²) < 4.78 is 0. The van der Waals surface area contributed by atoms with Crippen LogP contribution < -0.4 is 11.1 Å². The van der Waals surface area contributed by atoms with Gasteiger partial charge in [-0.25, -0.2) is 15.0 Å². The van der Waals surface area contributed by atoms with E-state index in [2.05, 4.69) is 27.2 Å². The van der Waals surface area contributed by atoms with Crippen molar-refractivity contribution in [2.75, 3.05) is 11.1 Å². The first-order chi connectivity index (χ1) is 9.24. The Bertz CT molecular complexity index is 695. The lowest BCUT2D eigenvalue weighted by Crippen LogP contribution is -2.08. The number of hydrogen-bond donors (Lipinski definition) is 2. The fourth-order valence-electron chi connectivity index (χ4n) is 1.90. The lowest BCUT2D eigenvalue weighted by atomic mass is 10.2. The Morgan fingerprint density at radius 1 is 1.26 bits per heavy atom. The van der Waals surface area contributed by atoms with E-state index in [4.69, 9.17) is 5.73 Å². The average molecular weight is 271 g/mol. The molecular formula is C13H13N5S. The van der Waals surface area contributed by atoms with Gasteiger partial charge in [-0.15, -0.1) is 11.3 Å². The van der Waals surface area contributed by atoms with Gasteiger partial charge in [-0.3, -0.25) is 0 Å². The highest BCUT2D eigenvalue weighted by Crippen LogP contribution is 2.26. The Labute approximate surface area is 114 Å². The second-order valence-corrected chi connectivity index (χ2v) is 5.16. The molecule has 3 rings (SSSR count). The number of nitrogens with two attached hydrogens (primary N) is 1. The first-order valence-corrected chi connectivity index (χ1v) is 6.78. The molecule has 0 spiro atoms. The molecule has 0 bridgehead atoms. The van der Waals surface area contributed by atoms with E-state index in [1.54, 1.807) is 23.9 Å². The van der Waals surface area contributed by atoms with Gasteiger partial charge in [-0.1, -0.05) is 0 Å². The van der Waals surface area contributed by atoms with Crippen LogP contribution in [0.2, 0.25) is 0 Å². The quantitative estimate of drug-likeness (QED) is 0.716. The number of benzene rings is 1. The van der Waals surface area contributed by atoms with Crippen LogP contribution in [0.1, 0.15) is 18.0 Å². The average Bonchev–Trinajstić information content (AvgIpc) is 2.93. The largest absolute Gasteiger partial charge is 0.399 e. The molecule has 0 amide bonds. The van der Waals surface area contributed by atoms with Crippen LogP contribution in [-0.4, -0.2) is 15.0 Å². The van der Waals surface area contributed by atoms with Gasteiger partial charge in [0.1, 0.15) is 17.2 Å². The van der Waals surface area contributed by atoms with E-state index in [1.165, 1.54) is 0 Å². The minimum atomic E-state index is 0.0968. The van der Waals surface area contributed by atoms with Gasteiger partial charge in [0.2, 0.25) is 0 Å². The number of nitrogen functional groups attached to an aromatic ring is 1. The zero-order chi connectivity index (χ0) is 13.2. The summed E-state index contributed by atoms with van der Waals surface area (Å²) in [6.07, 6.45) is 3.35. The van der Waals surface area contributed by atoms with Crippen molar-refractivity contribution in [1.82, 2.24) is 15.0 Å². The molecule has 2 aromatic heterocycles. The summed E-state index contributed by atoms with van der Waals surface area (Å²) in [7, 11) is 0. The third kappa shape index (κ3) is 2.34. The number of anilines is 2. The van der Waals surface area contributed by atoms with Crippen LogP contribution in [0.15, 0.2) is 36.1 Å². The van der Waals surface area contributed by atoms with E-state index in [0.717, 1.165) is 21.7 Å². The van der Waals surface area contributed by atoms with Crippen LogP contribution in [0, 0.1) is 0 Å². The smallest absolute Gasteiger partial charge is 0.137 e. The zero-order valence-corrected chi connectivity index (χ0v) is 11.2. The molecule has 19 heavy (non-hydrogen) atoms. The molecule has 96 valence electrons. The van der Waals surface area contributed by atoms with Crippen molar-refractivity contribution >= 4 is 33.7 Å². The van der Waals surface area contributed by atoms with Crippen LogP contribution in [-0.2, 0) is 0 Å². The molecule has 0 aliphatic rings. The Morgan fingerprint density at radius 2 is 2.16 bits per heavy atom. The molecular weight excluding hydrogens is 258 g/mol. The summed E-state index contributed by atoms with van der Waals surface area (Å²) >= 11 is 1.62. The Morgan fingerprint density at radius 3 is 2.95 bits per heavy atom. The van der Waals surface area contributed by atoms with Gasteiger partial charge >= 0.3 is 0 Å². The second-order valence-electron chi connectivity index (χ2n) is 4.24. The van der Waals surface area contributed by atoms with Crippen molar-refractivity contribution < 1.29 is 0 Å². The van der Waals surface area contributed by atoms with Crippen molar-refractivity contribution in [2.45, 2.75) is 13.0 Å². The molecule has 3 N–H and O–H groups in total. The highest BCUT2D eigenvalue weighted by atomic mass is 32.1. The molecule has 6 heteroatoms. The van der Waals surface area contributed by atoms with E-state index < -0.39 is 0 Å². The first-order valence-electron chi connectivity index (χ1n) is 5.90. The fourth-order valence-corrected chi connectivity index (χ4v) is 2.55. The Kier molecular flexibility index (Phi) is 3.00. The standard InChI is InChI=1S/C13H13N5S/c1-8(13-15-4-5-19-13)18-12-10-6-9(14)2-3-11(10)16-7-17-12/h2-8H,14H2,1H3,(H,16,17,18). The van der Waals surface area contributed by atoms with Crippen molar-refractivity contribution in [2.24, 2.45) is 0 Å². The van der Waals surface area contributed by atoms with Gasteiger partial charge in [-0.05, 0) is 25.1 Å². The highest BCUT2D eigenvalue weighted by Gasteiger charge is 2.11. The number of rotatable bonds is 3. The van der Waals surface area contributed by atoms with Crippen molar-refractivity contribution in [3.05, 3.63) is 41.1 Å². The molecule has 1 unspecified atom stereocenters. The number of fused-ring (bicyclic) bond motifs is 1. The number of thiazole rings is 1. The molecule has 3 aromatic rings. The predicted molar refractivity (Wildman–Crippen MR) is 78.1 cm³/mol. The van der Waals surface area contributed by atoms with Crippen LogP contribution in [0.4, 0.5) is 11.5 Å². The SMILES string of the molecule is CC(Nc1ncnc2ccc(N)cc12)c1nccs1. The maximum Gasteiger partial charge on any atom is 0.137 e. The summed E-state index contributed by atoms with van der Waals surface area (Å²) in [5.41, 5.74) is 7.40. The molecule has 2 heterocycles. The fraction of sp³-hybridized carbons (Fsp3) is 0.154. The maximum atomic E-state index is 5.82. The predicted octanol–water partition coefficient (Wildman–Crippen LogP) is 2.84. The molecule has 1 atom stereocenters. The summed E-state index contributed by atoms with van der Waals surface area (Å²) in [4.78, 5) is 12.8. The lowest BCUT2D eigenvalue weighted by Gasteiger charge is -2.13. The Balaban J connectivity index is 1.98. The zero-order valence-electron chi connectivity index (χ0n) is 10.4. The summed E-state index contributed by atoms with van der Waals surface area (Å²) in [5.74, 6) is 0.778. The van der Waals surface area contributed by atoms with Gasteiger partial charge in [0.15, 0.2) is 0 Å². The molecule has 0 saturated carbocycles. The summed E-state index contributed by atoms with van der Waals surface area (Å²) in [6, 6.07) is 5.71. The van der Waals surface area contributed by atoms with Crippen molar-refractivity contribution in [3.8, 4) is 0 Å². The van der Waals surface area contributed by atoms with Crippen LogP contribution >= 0.6 is 11.3 Å². The molecule has 0 aliphatic heterocycles. The third-order valence-electron chi connectivity index (χ3n) is 2.83. The Hall–Kier alpha value is -2.21. The highest BCUT2D eigenvalue weighted by molar-refractivity contribution is 7.09. The van der Waals surface area contributed by atoms with Gasteiger partial charge in [-0.2, -0.15) is 0 Å². The van der Waals surface area contributed by atoms with Crippen LogP contribution in [0.5, 0.6) is 0 Å². The number of hydrogen-bond acceptors (Lipinski definition) is 6. The van der Waals surface area contributed by atoms with E-state index >= 15 is 0 Å². The van der Waals surface area contributed by atoms with Crippen molar-refractivity contribution in [3.63, 3.8) is 0 Å². The topological polar surface area (TPSA) is 76.7 Å². The normalized spacial score (nSPS) is 12.5. The van der Waals surface area contributed by atoms with Gasteiger partial charge in [0.25, 0.3) is 0 Å². The molecule has 0 aliphatic carbocycles. The number of nitrogens with zero attached hydrogens (tertiary/aromatic N) is 3. The summed E-state index contributed by atoms with van der Waals surface area (Å²) in [5, 5.41) is 7.26. The molecule has 5 nitrogen and oxygen atoms in total. The van der Waals surface area contributed by atoms with Gasteiger partial charge in [0.05, 0.1) is 11.6 Å². The minimum Gasteiger partial charge on any atom is -0.399 e. The molecule has 1 aromatic carbocycles. The second kappa shape index (κ2) is 4.81. The first kappa shape index (κ1) is 11.9. The van der Waals surface area contributed by atoms with Crippen LogP contribution in [0.25, 0.3) is 10.9 Å². The monoisotopic (exact) mass is 271 g/mol. The third-order valence-corrected chi connectivity index (χ3v) is 3.79. The number of aromatic nitrogens is 3. The molecule has 0 radical (unpaired) electrons. The minimum absolute atomic E-state index is 0.0968. The molecule has 0 saturated heterocycles. The van der Waals surface area contributed by atoms with Gasteiger partial charge < -0.3 is 11.1 Å². The van der Waals surface area contributed by atoms with E-state index in [0.29, 0.717) is 5.69 Å². The van der Waals surface area contributed by atoms with Crippen LogP contribution in [0.3, 0.4) is 0 Å². The summed E-state index contributed by atoms with van der Waals surface area (Å²) in [6.45, 7) is 2.05. The van der Waals surface area contributed by atoms with E-state index in [-0.39, 0.29) is 6.04 Å². The molecule has 0 fully saturated rings.